The number of benzene rings is 1. The maximum absolute atomic E-state index is 10.6. The summed E-state index contributed by atoms with van der Waals surface area (Å²) in [5.41, 5.74) is 0.484. The number of rotatable bonds is 5. The smallest absolute Gasteiger partial charge is 0.211 e. The van der Waals surface area contributed by atoms with Crippen LogP contribution < -0.4 is 0 Å². The van der Waals surface area contributed by atoms with Crippen molar-refractivity contribution in [2.24, 2.45) is 5.92 Å². The summed E-state index contributed by atoms with van der Waals surface area (Å²) in [5.74, 6) is -0.784. The van der Waals surface area contributed by atoms with Crippen molar-refractivity contribution in [3.63, 3.8) is 0 Å². The van der Waals surface area contributed by atoms with Crippen LogP contribution in [0.25, 0.3) is 0 Å². The first-order valence-corrected chi connectivity index (χ1v) is 5.96. The normalized spacial score (nSPS) is 14.3. The van der Waals surface area contributed by atoms with Crippen molar-refractivity contribution in [1.82, 2.24) is 0 Å². The number of aromatic hydroxyl groups is 1. The lowest BCUT2D eigenvalue weighted by molar-refractivity contribution is -0.485. The molecular weight excluding hydrogens is 290 g/mol. The molecule has 1 aromatic rings. The molecule has 5 nitrogen and oxygen atoms in total. The van der Waals surface area contributed by atoms with E-state index >= 15 is 0 Å². The summed E-state index contributed by atoms with van der Waals surface area (Å²) in [7, 11) is 0. The summed E-state index contributed by atoms with van der Waals surface area (Å²) < 4.78 is 0.740. The van der Waals surface area contributed by atoms with E-state index in [1.54, 1.807) is 19.1 Å². The molecule has 2 N–H and O–H groups in total. The fourth-order valence-electron chi connectivity index (χ4n) is 1.70. The molecule has 0 bridgehead atoms. The molecule has 0 unspecified atom stereocenters. The van der Waals surface area contributed by atoms with Crippen molar-refractivity contribution in [3.05, 3.63) is 38.3 Å². The number of hydrogen-bond acceptors (Lipinski definition) is 4. The van der Waals surface area contributed by atoms with Crippen LogP contribution in [0.15, 0.2) is 22.7 Å². The lowest BCUT2D eigenvalue weighted by Crippen LogP contribution is -2.22. The van der Waals surface area contributed by atoms with Gasteiger partial charge in [-0.2, -0.15) is 0 Å². The minimum atomic E-state index is -0.507. The standard InChI is InChI=1S/C11H14BrNO4/c1-7(6-14)10(5-13(16)17)9-4-8(12)2-3-11(9)15/h2-4,7,10,14-15H,5-6H2,1H3/t7-,10-/m1/s1. The zero-order valence-electron chi connectivity index (χ0n) is 9.34. The molecule has 0 heterocycles. The van der Waals surface area contributed by atoms with Gasteiger partial charge in [0.1, 0.15) is 5.75 Å². The summed E-state index contributed by atoms with van der Waals surface area (Å²) in [6, 6.07) is 4.79. The number of nitro groups is 1. The molecule has 17 heavy (non-hydrogen) atoms. The van der Waals surface area contributed by atoms with Gasteiger partial charge in [0.05, 0.1) is 5.92 Å². The minimum Gasteiger partial charge on any atom is -0.508 e. The van der Waals surface area contributed by atoms with Crippen LogP contribution in [0.5, 0.6) is 5.75 Å². The third-order valence-electron chi connectivity index (χ3n) is 2.71. The SMILES string of the molecule is C[C@H](CO)[C@@H](C[N+](=O)[O-])c1cc(Br)ccc1O. The third kappa shape index (κ3) is 3.67. The van der Waals surface area contributed by atoms with E-state index in [9.17, 15) is 15.2 Å². The van der Waals surface area contributed by atoms with Crippen LogP contribution in [-0.4, -0.2) is 28.3 Å². The molecule has 0 fully saturated rings. The third-order valence-corrected chi connectivity index (χ3v) is 3.20. The van der Waals surface area contributed by atoms with Crippen LogP contribution in [-0.2, 0) is 0 Å². The van der Waals surface area contributed by atoms with E-state index in [1.165, 1.54) is 6.07 Å². The van der Waals surface area contributed by atoms with E-state index in [2.05, 4.69) is 15.9 Å². The van der Waals surface area contributed by atoms with Gasteiger partial charge < -0.3 is 10.2 Å². The second-order valence-corrected chi connectivity index (χ2v) is 4.90. The van der Waals surface area contributed by atoms with Gasteiger partial charge in [-0.1, -0.05) is 22.9 Å². The number of nitrogens with zero attached hydrogens (tertiary/aromatic N) is 1. The number of phenols is 1. The van der Waals surface area contributed by atoms with Gasteiger partial charge >= 0.3 is 0 Å². The Kier molecular flexibility index (Phi) is 4.89. The zero-order valence-corrected chi connectivity index (χ0v) is 10.9. The van der Waals surface area contributed by atoms with Gasteiger partial charge in [-0.3, -0.25) is 10.1 Å². The van der Waals surface area contributed by atoms with Crippen molar-refractivity contribution in [1.29, 1.82) is 0 Å². The van der Waals surface area contributed by atoms with Crippen LogP contribution in [0.4, 0.5) is 0 Å². The second kappa shape index (κ2) is 5.97. The predicted molar refractivity (Wildman–Crippen MR) is 66.7 cm³/mol. The quantitative estimate of drug-likeness (QED) is 0.645. The van der Waals surface area contributed by atoms with Crippen LogP contribution in [0.2, 0.25) is 0 Å². The fourth-order valence-corrected chi connectivity index (χ4v) is 2.07. The van der Waals surface area contributed by atoms with Crippen molar-refractivity contribution in [3.8, 4) is 5.75 Å². The molecule has 0 aliphatic rings. The molecule has 0 saturated carbocycles. The Hall–Kier alpha value is -1.14. The highest BCUT2D eigenvalue weighted by Gasteiger charge is 2.26. The minimum absolute atomic E-state index is 0.0142. The lowest BCUT2D eigenvalue weighted by Gasteiger charge is -2.20. The Morgan fingerprint density at radius 1 is 1.53 bits per heavy atom. The monoisotopic (exact) mass is 303 g/mol. The van der Waals surface area contributed by atoms with Crippen LogP contribution in [0.1, 0.15) is 18.4 Å². The van der Waals surface area contributed by atoms with Crippen molar-refractivity contribution < 1.29 is 15.1 Å². The molecule has 1 aromatic carbocycles. The molecule has 6 heteroatoms. The molecule has 0 amide bonds. The van der Waals surface area contributed by atoms with Gasteiger partial charge in [-0.15, -0.1) is 0 Å². The van der Waals surface area contributed by atoms with E-state index in [-0.39, 0.29) is 24.8 Å². The van der Waals surface area contributed by atoms with Crippen LogP contribution >= 0.6 is 15.9 Å². The molecule has 2 atom stereocenters. The van der Waals surface area contributed by atoms with Gasteiger partial charge in [0, 0.05) is 21.6 Å². The van der Waals surface area contributed by atoms with Crippen molar-refractivity contribution in [2.75, 3.05) is 13.2 Å². The molecular formula is C11H14BrNO4. The zero-order chi connectivity index (χ0) is 13.0. The van der Waals surface area contributed by atoms with Gasteiger partial charge in [0.25, 0.3) is 0 Å². The van der Waals surface area contributed by atoms with Crippen molar-refractivity contribution in [2.45, 2.75) is 12.8 Å². The van der Waals surface area contributed by atoms with Gasteiger partial charge in [-0.25, -0.2) is 0 Å². The summed E-state index contributed by atoms with van der Waals surface area (Å²) in [6.07, 6.45) is 0. The van der Waals surface area contributed by atoms with E-state index in [0.29, 0.717) is 5.56 Å². The van der Waals surface area contributed by atoms with Crippen LogP contribution in [0, 0.1) is 16.0 Å². The lowest BCUT2D eigenvalue weighted by atomic mass is 9.87. The number of hydrogen-bond donors (Lipinski definition) is 2. The average molecular weight is 304 g/mol. The average Bonchev–Trinajstić information content (AvgIpc) is 2.28. The van der Waals surface area contributed by atoms with E-state index in [4.69, 9.17) is 5.11 Å². The van der Waals surface area contributed by atoms with Crippen LogP contribution in [0.3, 0.4) is 0 Å². The molecule has 0 aliphatic carbocycles. The molecule has 0 aliphatic heterocycles. The number of aliphatic hydroxyl groups is 1. The predicted octanol–water partition coefficient (Wildman–Crippen LogP) is 2.14. The summed E-state index contributed by atoms with van der Waals surface area (Å²) in [6.45, 7) is 1.24. The Morgan fingerprint density at radius 3 is 2.71 bits per heavy atom. The summed E-state index contributed by atoms with van der Waals surface area (Å²) >= 11 is 3.26. The number of aliphatic hydroxyl groups excluding tert-OH is 1. The first-order valence-electron chi connectivity index (χ1n) is 5.16. The molecule has 0 spiro atoms. The second-order valence-electron chi connectivity index (χ2n) is 3.98. The number of halogens is 1. The molecule has 0 radical (unpaired) electrons. The fraction of sp³-hybridized carbons (Fsp3) is 0.455. The maximum atomic E-state index is 10.6. The first kappa shape index (κ1) is 13.9. The highest BCUT2D eigenvalue weighted by atomic mass is 79.9. The summed E-state index contributed by atoms with van der Waals surface area (Å²) in [5, 5.41) is 29.5. The van der Waals surface area contributed by atoms with Gasteiger partial charge in [0.2, 0.25) is 6.54 Å². The van der Waals surface area contributed by atoms with Gasteiger partial charge in [-0.05, 0) is 24.1 Å². The Morgan fingerprint density at radius 2 is 2.18 bits per heavy atom. The summed E-state index contributed by atoms with van der Waals surface area (Å²) in [4.78, 5) is 10.2. The highest BCUT2D eigenvalue weighted by molar-refractivity contribution is 9.10. The number of phenolic OH excluding ortho intramolecular Hbond substituents is 1. The maximum Gasteiger partial charge on any atom is 0.211 e. The first-order chi connectivity index (χ1) is 7.95. The topological polar surface area (TPSA) is 83.6 Å². The van der Waals surface area contributed by atoms with E-state index < -0.39 is 10.8 Å². The Bertz CT molecular complexity index is 410. The van der Waals surface area contributed by atoms with Crippen molar-refractivity contribution >= 4 is 15.9 Å². The molecule has 0 aromatic heterocycles. The Balaban J connectivity index is 3.11. The molecule has 94 valence electrons. The van der Waals surface area contributed by atoms with Gasteiger partial charge in [0.15, 0.2) is 0 Å². The molecule has 0 saturated heterocycles. The highest BCUT2D eigenvalue weighted by Crippen LogP contribution is 2.33. The van der Waals surface area contributed by atoms with E-state index in [1.807, 2.05) is 0 Å². The van der Waals surface area contributed by atoms with E-state index in [0.717, 1.165) is 4.47 Å². The Labute approximate surface area is 107 Å². The molecule has 1 rings (SSSR count). The largest absolute Gasteiger partial charge is 0.508 e.